The number of halogens is 1. The van der Waals surface area contributed by atoms with Crippen molar-refractivity contribution in [2.75, 3.05) is 13.2 Å². The summed E-state index contributed by atoms with van der Waals surface area (Å²) in [6, 6.07) is 6.74. The molecule has 0 saturated carbocycles. The number of carbonyl (C=O) groups is 2. The third-order valence-electron chi connectivity index (χ3n) is 4.83. The molecule has 0 atom stereocenters. The molecule has 1 rings (SSSR count). The number of rotatable bonds is 16. The first-order chi connectivity index (χ1) is 13.7. The lowest BCUT2D eigenvalue weighted by molar-refractivity contribution is 0.0450. The maximum absolute atomic E-state index is 12.4. The summed E-state index contributed by atoms with van der Waals surface area (Å²) in [7, 11) is 0. The number of hydrogen-bond donors (Lipinski definition) is 0. The Labute approximate surface area is 183 Å². The average molecular weight is 427 g/mol. The van der Waals surface area contributed by atoms with Crippen LogP contribution in [-0.2, 0) is 9.47 Å². The van der Waals surface area contributed by atoms with Crippen LogP contribution in [0.1, 0.15) is 112 Å². The molecule has 1 aromatic rings. The van der Waals surface area contributed by atoms with Crippen LogP contribution in [0.25, 0.3) is 0 Å². The number of ether oxygens (including phenoxy) is 2. The lowest BCUT2D eigenvalue weighted by Crippen LogP contribution is -2.15. The lowest BCUT2D eigenvalue weighted by atomic mass is 10.1. The predicted octanol–water partition coefficient (Wildman–Crippen LogP) is 7.14. The van der Waals surface area contributed by atoms with E-state index in [2.05, 4.69) is 13.8 Å². The quantitative estimate of drug-likeness (QED) is 0.208. The van der Waals surface area contributed by atoms with Crippen molar-refractivity contribution in [3.8, 4) is 0 Å². The molecule has 0 amide bonds. The van der Waals surface area contributed by atoms with Gasteiger partial charge in [0, 0.05) is 0 Å². The van der Waals surface area contributed by atoms with Gasteiger partial charge in [-0.05, 0) is 25.0 Å². The highest BCUT2D eigenvalue weighted by atomic mass is 35.5. The molecule has 0 saturated heterocycles. The third kappa shape index (κ3) is 12.6. The van der Waals surface area contributed by atoms with Crippen molar-refractivity contribution in [1.29, 1.82) is 0 Å². The molecule has 0 aliphatic carbocycles. The van der Waals surface area contributed by atoms with Crippen molar-refractivity contribution in [3.05, 3.63) is 35.4 Å². The molecule has 1 aromatic carbocycles. The number of benzene rings is 1. The van der Waals surface area contributed by atoms with Gasteiger partial charge in [0.2, 0.25) is 0 Å². The van der Waals surface area contributed by atoms with E-state index < -0.39 is 11.9 Å². The van der Waals surface area contributed by atoms with Crippen LogP contribution < -0.4 is 0 Å². The summed E-state index contributed by atoms with van der Waals surface area (Å²) in [6.45, 7) is 5.17. The summed E-state index contributed by atoms with van der Waals surface area (Å²) in [5.41, 5.74) is 0.586. The second-order valence-electron chi connectivity index (χ2n) is 7.35. The zero-order valence-electron chi connectivity index (χ0n) is 18.3. The zero-order chi connectivity index (χ0) is 20.5. The van der Waals surface area contributed by atoms with E-state index >= 15 is 0 Å². The van der Waals surface area contributed by atoms with Crippen LogP contribution in [0.15, 0.2) is 24.3 Å². The molecule has 5 heteroatoms. The monoisotopic (exact) mass is 426 g/mol. The van der Waals surface area contributed by atoms with Crippen molar-refractivity contribution in [1.82, 2.24) is 0 Å². The van der Waals surface area contributed by atoms with E-state index in [1.165, 1.54) is 51.4 Å². The zero-order valence-corrected chi connectivity index (χ0v) is 19.1. The molecule has 0 aliphatic heterocycles. The standard InChI is InChI=1S/C24H38O4.ClH/c1-3-5-7-9-11-15-19-27-23(25)21-17-13-14-18-22(21)24(26)28-20-16-12-10-8-6-4-2;/h13-14,17-18H,3-12,15-16,19-20H2,1-2H3;1H. The van der Waals surface area contributed by atoms with Gasteiger partial charge in [-0.3, -0.25) is 0 Å². The largest absolute Gasteiger partial charge is 0.462 e. The molecule has 0 spiro atoms. The van der Waals surface area contributed by atoms with Gasteiger partial charge in [0.05, 0.1) is 24.3 Å². The molecule has 4 nitrogen and oxygen atoms in total. The Morgan fingerprint density at radius 2 is 0.966 bits per heavy atom. The maximum Gasteiger partial charge on any atom is 0.339 e. The lowest BCUT2D eigenvalue weighted by Gasteiger charge is -2.10. The summed E-state index contributed by atoms with van der Waals surface area (Å²) >= 11 is 0. The van der Waals surface area contributed by atoms with Crippen LogP contribution in [0.5, 0.6) is 0 Å². The molecule has 0 unspecified atom stereocenters. The molecule has 0 fully saturated rings. The fourth-order valence-electron chi connectivity index (χ4n) is 3.09. The van der Waals surface area contributed by atoms with E-state index in [-0.39, 0.29) is 12.4 Å². The van der Waals surface area contributed by atoms with Gasteiger partial charge in [0.15, 0.2) is 0 Å². The van der Waals surface area contributed by atoms with E-state index in [1.807, 2.05) is 0 Å². The van der Waals surface area contributed by atoms with E-state index in [0.717, 1.165) is 25.7 Å². The number of carbonyl (C=O) groups excluding carboxylic acids is 2. The van der Waals surface area contributed by atoms with Gasteiger partial charge in [-0.15, -0.1) is 12.4 Å². The topological polar surface area (TPSA) is 52.6 Å². The highest BCUT2D eigenvalue weighted by Gasteiger charge is 2.18. The average Bonchev–Trinajstić information content (AvgIpc) is 2.72. The van der Waals surface area contributed by atoms with E-state index in [0.29, 0.717) is 24.3 Å². The Morgan fingerprint density at radius 3 is 1.34 bits per heavy atom. The first kappa shape index (κ1) is 27.5. The predicted molar refractivity (Wildman–Crippen MR) is 121 cm³/mol. The van der Waals surface area contributed by atoms with Gasteiger partial charge < -0.3 is 9.47 Å². The fraction of sp³-hybridized carbons (Fsp3) is 0.667. The Morgan fingerprint density at radius 1 is 0.621 bits per heavy atom. The van der Waals surface area contributed by atoms with E-state index in [9.17, 15) is 9.59 Å². The van der Waals surface area contributed by atoms with E-state index in [1.54, 1.807) is 24.3 Å². The summed E-state index contributed by atoms with van der Waals surface area (Å²) < 4.78 is 10.7. The molecule has 0 heterocycles. The molecule has 166 valence electrons. The van der Waals surface area contributed by atoms with Gasteiger partial charge in [-0.25, -0.2) is 9.59 Å². The van der Waals surface area contributed by atoms with Crippen LogP contribution in [0, 0.1) is 0 Å². The molecular formula is C24H39ClO4. The molecule has 0 bridgehead atoms. The van der Waals surface area contributed by atoms with Gasteiger partial charge >= 0.3 is 11.9 Å². The summed E-state index contributed by atoms with van der Waals surface area (Å²) in [4.78, 5) is 24.7. The highest BCUT2D eigenvalue weighted by molar-refractivity contribution is 6.03. The van der Waals surface area contributed by atoms with Crippen LogP contribution in [0.2, 0.25) is 0 Å². The van der Waals surface area contributed by atoms with Crippen LogP contribution >= 0.6 is 12.4 Å². The number of esters is 2. The van der Waals surface area contributed by atoms with Gasteiger partial charge in [-0.2, -0.15) is 0 Å². The molecule has 0 N–H and O–H groups in total. The molecule has 29 heavy (non-hydrogen) atoms. The highest BCUT2D eigenvalue weighted by Crippen LogP contribution is 2.14. The van der Waals surface area contributed by atoms with Crippen LogP contribution in [-0.4, -0.2) is 25.2 Å². The summed E-state index contributed by atoms with van der Waals surface area (Å²) in [6.07, 6.45) is 13.6. The molecule has 0 radical (unpaired) electrons. The van der Waals surface area contributed by atoms with Gasteiger partial charge in [0.25, 0.3) is 0 Å². The van der Waals surface area contributed by atoms with Crippen molar-refractivity contribution in [3.63, 3.8) is 0 Å². The van der Waals surface area contributed by atoms with Crippen molar-refractivity contribution in [2.45, 2.75) is 90.9 Å². The van der Waals surface area contributed by atoms with Crippen LogP contribution in [0.3, 0.4) is 0 Å². The smallest absolute Gasteiger partial charge is 0.339 e. The van der Waals surface area contributed by atoms with Gasteiger partial charge in [-0.1, -0.05) is 90.2 Å². The third-order valence-corrected chi connectivity index (χ3v) is 4.83. The minimum atomic E-state index is -0.444. The number of hydrogen-bond acceptors (Lipinski definition) is 4. The minimum Gasteiger partial charge on any atom is -0.462 e. The molecular weight excluding hydrogens is 388 g/mol. The Hall–Kier alpha value is -1.55. The van der Waals surface area contributed by atoms with E-state index in [4.69, 9.17) is 9.47 Å². The van der Waals surface area contributed by atoms with Crippen LogP contribution in [0.4, 0.5) is 0 Å². The Balaban J connectivity index is 0.00000784. The Bertz CT molecular complexity index is 511. The molecule has 0 aromatic heterocycles. The molecule has 0 aliphatic rings. The number of unbranched alkanes of at least 4 members (excludes halogenated alkanes) is 10. The van der Waals surface area contributed by atoms with Gasteiger partial charge in [0.1, 0.15) is 0 Å². The van der Waals surface area contributed by atoms with Crippen molar-refractivity contribution < 1.29 is 19.1 Å². The Kier molecular flexibility index (Phi) is 17.5. The maximum atomic E-state index is 12.4. The summed E-state index contributed by atoms with van der Waals surface area (Å²) in [5.74, 6) is -0.888. The summed E-state index contributed by atoms with van der Waals surface area (Å²) in [5, 5.41) is 0. The minimum absolute atomic E-state index is 0. The second-order valence-corrected chi connectivity index (χ2v) is 7.35. The second kappa shape index (κ2) is 18.5. The first-order valence-corrected chi connectivity index (χ1v) is 11.1. The van der Waals surface area contributed by atoms with Crippen molar-refractivity contribution >= 4 is 24.3 Å². The fourth-order valence-corrected chi connectivity index (χ4v) is 3.09. The normalized spacial score (nSPS) is 10.3. The first-order valence-electron chi connectivity index (χ1n) is 11.1. The SMILES string of the molecule is CCCCCCCCOC(=O)c1ccccc1C(=O)OCCCCCCCC.Cl. The van der Waals surface area contributed by atoms with Crippen molar-refractivity contribution in [2.24, 2.45) is 0 Å².